The lowest BCUT2D eigenvalue weighted by Gasteiger charge is -2.12. The van der Waals surface area contributed by atoms with Crippen LogP contribution in [0.2, 0.25) is 5.02 Å². The maximum atomic E-state index is 12.7. The number of carbonyl (C=O) groups excluding carboxylic acids is 1. The number of halogens is 1. The van der Waals surface area contributed by atoms with Crippen LogP contribution in [-0.2, 0) is 11.3 Å². The Balaban J connectivity index is 1.61. The maximum Gasteiger partial charge on any atom is 0.259 e. The van der Waals surface area contributed by atoms with Gasteiger partial charge in [-0.25, -0.2) is 0 Å². The summed E-state index contributed by atoms with van der Waals surface area (Å²) in [5.41, 5.74) is 3.58. The average Bonchev–Trinajstić information content (AvgIpc) is 2.73. The van der Waals surface area contributed by atoms with Crippen LogP contribution in [0.3, 0.4) is 0 Å². The molecule has 30 heavy (non-hydrogen) atoms. The summed E-state index contributed by atoms with van der Waals surface area (Å²) in [5.74, 6) is -0.468. The van der Waals surface area contributed by atoms with Gasteiger partial charge in [0.05, 0.1) is 11.3 Å². The predicted molar refractivity (Wildman–Crippen MR) is 121 cm³/mol. The van der Waals surface area contributed by atoms with Gasteiger partial charge < -0.3 is 10.1 Å². The molecular weight excluding hydrogens is 420 g/mol. The molecule has 0 aliphatic carbocycles. The first-order valence-electron chi connectivity index (χ1n) is 8.98. The van der Waals surface area contributed by atoms with E-state index in [2.05, 4.69) is 10.3 Å². The largest absolute Gasteiger partial charge is 0.468 e. The number of ether oxygens (including phenoxy) is 1. The number of hydrogen-bond donors (Lipinski definition) is 3. The molecule has 0 radical (unpaired) electrons. The van der Waals surface area contributed by atoms with Crippen molar-refractivity contribution in [1.29, 1.82) is 10.8 Å². The summed E-state index contributed by atoms with van der Waals surface area (Å²) >= 11 is 6.56. The van der Waals surface area contributed by atoms with E-state index in [0.717, 1.165) is 16.7 Å². The molecule has 6 nitrogen and oxygen atoms in total. The molecule has 0 saturated heterocycles. The van der Waals surface area contributed by atoms with E-state index in [1.165, 1.54) is 0 Å². The Morgan fingerprint density at radius 1 is 1.10 bits per heavy atom. The molecule has 3 aromatic rings. The third-order valence-electron chi connectivity index (χ3n) is 4.16. The summed E-state index contributed by atoms with van der Waals surface area (Å²) in [6.45, 7) is 2.12. The number of rotatable bonds is 4. The lowest BCUT2D eigenvalue weighted by atomic mass is 10.0. The van der Waals surface area contributed by atoms with Crippen molar-refractivity contribution < 1.29 is 9.53 Å². The van der Waals surface area contributed by atoms with Crippen LogP contribution in [0.25, 0.3) is 11.3 Å². The van der Waals surface area contributed by atoms with Gasteiger partial charge in [0, 0.05) is 28.5 Å². The SMILES string of the molecule is Cc1ccccc1-c1ncccc1C(=O)NC(=N)SC(=N)OCc1ccc(Cl)cc1. The van der Waals surface area contributed by atoms with Gasteiger partial charge in [-0.05, 0) is 42.3 Å². The Bertz CT molecular complexity index is 1090. The number of pyridine rings is 1. The van der Waals surface area contributed by atoms with Gasteiger partial charge in [-0.3, -0.25) is 20.6 Å². The number of benzene rings is 2. The molecule has 0 spiro atoms. The summed E-state index contributed by atoms with van der Waals surface area (Å²) in [4.78, 5) is 17.1. The van der Waals surface area contributed by atoms with Crippen LogP contribution < -0.4 is 5.32 Å². The highest BCUT2D eigenvalue weighted by atomic mass is 35.5. The highest BCUT2D eigenvalue weighted by Gasteiger charge is 2.17. The summed E-state index contributed by atoms with van der Waals surface area (Å²) < 4.78 is 5.33. The zero-order valence-corrected chi connectivity index (χ0v) is 17.7. The number of amidine groups is 1. The second-order valence-corrected chi connectivity index (χ2v) is 7.72. The van der Waals surface area contributed by atoms with Crippen LogP contribution >= 0.6 is 23.4 Å². The zero-order chi connectivity index (χ0) is 21.5. The molecule has 8 heteroatoms. The average molecular weight is 439 g/mol. The van der Waals surface area contributed by atoms with E-state index in [9.17, 15) is 4.79 Å². The van der Waals surface area contributed by atoms with Crippen molar-refractivity contribution in [2.75, 3.05) is 0 Å². The molecule has 0 bridgehead atoms. The van der Waals surface area contributed by atoms with Crippen LogP contribution in [0, 0.1) is 17.7 Å². The summed E-state index contributed by atoms with van der Waals surface area (Å²) in [6.07, 6.45) is 1.62. The fraction of sp³-hybridized carbons (Fsp3) is 0.0909. The van der Waals surface area contributed by atoms with Gasteiger partial charge in [0.15, 0.2) is 5.17 Å². The number of thioether (sulfide) groups is 1. The van der Waals surface area contributed by atoms with Gasteiger partial charge in [-0.15, -0.1) is 0 Å². The first kappa shape index (κ1) is 21.5. The van der Waals surface area contributed by atoms with Crippen molar-refractivity contribution in [1.82, 2.24) is 10.3 Å². The second kappa shape index (κ2) is 10.0. The van der Waals surface area contributed by atoms with Gasteiger partial charge >= 0.3 is 0 Å². The third-order valence-corrected chi connectivity index (χ3v) is 5.02. The topological polar surface area (TPSA) is 98.9 Å². The van der Waals surface area contributed by atoms with Crippen molar-refractivity contribution in [3.8, 4) is 11.3 Å². The molecule has 1 aromatic heterocycles. The molecule has 3 N–H and O–H groups in total. The Hall–Kier alpha value is -3.16. The van der Waals surface area contributed by atoms with Gasteiger partial charge in [-0.2, -0.15) is 0 Å². The van der Waals surface area contributed by atoms with E-state index >= 15 is 0 Å². The zero-order valence-electron chi connectivity index (χ0n) is 16.1. The molecule has 0 aliphatic heterocycles. The van der Waals surface area contributed by atoms with Crippen molar-refractivity contribution in [3.05, 3.63) is 88.6 Å². The fourth-order valence-corrected chi connectivity index (χ4v) is 3.26. The van der Waals surface area contributed by atoms with Crippen LogP contribution in [-0.4, -0.2) is 21.3 Å². The molecule has 0 atom stereocenters. The van der Waals surface area contributed by atoms with E-state index in [1.807, 2.05) is 31.2 Å². The van der Waals surface area contributed by atoms with Crippen molar-refractivity contribution in [2.24, 2.45) is 0 Å². The smallest absolute Gasteiger partial charge is 0.259 e. The van der Waals surface area contributed by atoms with Crippen LogP contribution in [0.4, 0.5) is 0 Å². The molecule has 0 unspecified atom stereocenters. The predicted octanol–water partition coefficient (Wildman–Crippen LogP) is 5.26. The third kappa shape index (κ3) is 5.68. The Kier molecular flexibility index (Phi) is 7.21. The van der Waals surface area contributed by atoms with Crippen molar-refractivity contribution >= 4 is 39.7 Å². The number of aryl methyl sites for hydroxylation is 1. The van der Waals surface area contributed by atoms with Gasteiger partial charge in [0.2, 0.25) is 0 Å². The number of amides is 1. The molecule has 1 amide bonds. The summed E-state index contributed by atoms with van der Waals surface area (Å²) in [6, 6.07) is 18.0. The lowest BCUT2D eigenvalue weighted by Crippen LogP contribution is -2.29. The first-order chi connectivity index (χ1) is 14.4. The summed E-state index contributed by atoms with van der Waals surface area (Å²) in [5, 5.41) is 18.6. The van der Waals surface area contributed by atoms with Gasteiger partial charge in [-0.1, -0.05) is 48.0 Å². The van der Waals surface area contributed by atoms with Crippen LogP contribution in [0.5, 0.6) is 0 Å². The number of nitrogens with one attached hydrogen (secondary N) is 3. The number of hydrogen-bond acceptors (Lipinski definition) is 6. The quantitative estimate of drug-likeness (QED) is 0.382. The maximum absolute atomic E-state index is 12.7. The Labute approximate surface area is 183 Å². The fourth-order valence-electron chi connectivity index (χ4n) is 2.69. The van der Waals surface area contributed by atoms with Crippen LogP contribution in [0.1, 0.15) is 21.5 Å². The molecule has 0 aliphatic rings. The van der Waals surface area contributed by atoms with E-state index < -0.39 is 5.91 Å². The highest BCUT2D eigenvalue weighted by Crippen LogP contribution is 2.24. The molecule has 152 valence electrons. The number of aromatic nitrogens is 1. The Morgan fingerprint density at radius 2 is 1.83 bits per heavy atom. The minimum atomic E-state index is -0.468. The molecule has 1 heterocycles. The minimum Gasteiger partial charge on any atom is -0.468 e. The van der Waals surface area contributed by atoms with E-state index in [0.29, 0.717) is 28.0 Å². The lowest BCUT2D eigenvalue weighted by molar-refractivity contribution is 0.0978. The molecule has 0 fully saturated rings. The number of carbonyl (C=O) groups is 1. The van der Waals surface area contributed by atoms with Gasteiger partial charge in [0.25, 0.3) is 11.1 Å². The minimum absolute atomic E-state index is 0.171. The normalized spacial score (nSPS) is 10.3. The number of nitrogens with zero attached hydrogens (tertiary/aromatic N) is 1. The molecule has 2 aromatic carbocycles. The van der Waals surface area contributed by atoms with E-state index in [-0.39, 0.29) is 17.0 Å². The van der Waals surface area contributed by atoms with E-state index in [4.69, 9.17) is 27.2 Å². The summed E-state index contributed by atoms with van der Waals surface area (Å²) in [7, 11) is 0. The second-order valence-electron chi connectivity index (χ2n) is 6.30. The van der Waals surface area contributed by atoms with E-state index in [1.54, 1.807) is 42.6 Å². The van der Waals surface area contributed by atoms with Crippen molar-refractivity contribution in [2.45, 2.75) is 13.5 Å². The van der Waals surface area contributed by atoms with Crippen molar-refractivity contribution in [3.63, 3.8) is 0 Å². The van der Waals surface area contributed by atoms with Crippen LogP contribution in [0.15, 0.2) is 66.9 Å². The Morgan fingerprint density at radius 3 is 2.57 bits per heavy atom. The molecule has 3 rings (SSSR count). The molecule has 0 saturated carbocycles. The molecular formula is C22H19ClN4O2S. The first-order valence-corrected chi connectivity index (χ1v) is 10.2. The highest BCUT2D eigenvalue weighted by molar-refractivity contribution is 8.26. The van der Waals surface area contributed by atoms with Gasteiger partial charge in [0.1, 0.15) is 6.61 Å². The standard InChI is InChI=1S/C22H19ClN4O2S/c1-14-5-2-3-6-17(14)19-18(7-4-12-26-19)20(28)27-21(24)30-22(25)29-13-15-8-10-16(23)11-9-15/h2-12,25H,13H2,1H3,(H2,24,27,28). The monoisotopic (exact) mass is 438 g/mol.